The monoisotopic (exact) mass is 343 g/mol. The highest BCUT2D eigenvalue weighted by Crippen LogP contribution is 2.42. The third kappa shape index (κ3) is 3.74. The number of rotatable bonds is 4. The predicted molar refractivity (Wildman–Crippen MR) is 89.8 cm³/mol. The van der Waals surface area contributed by atoms with Gasteiger partial charge in [0.1, 0.15) is 0 Å². The maximum atomic E-state index is 13.0. The van der Waals surface area contributed by atoms with Crippen molar-refractivity contribution in [2.24, 2.45) is 23.5 Å². The number of fused-ring (bicyclic) bond motifs is 2. The van der Waals surface area contributed by atoms with Gasteiger partial charge >= 0.3 is 0 Å². The molecule has 6 heteroatoms. The van der Waals surface area contributed by atoms with Gasteiger partial charge in [0.25, 0.3) is 6.43 Å². The Bertz CT molecular complexity index is 434. The molecular formula is C18H31F2N3O. The first-order chi connectivity index (χ1) is 11.5. The number of alkyl halides is 2. The molecule has 1 aliphatic heterocycles. The Morgan fingerprint density at radius 1 is 1.21 bits per heavy atom. The lowest BCUT2D eigenvalue weighted by molar-refractivity contribution is -0.142. The van der Waals surface area contributed by atoms with Crippen molar-refractivity contribution < 1.29 is 13.6 Å². The molecule has 0 aromatic rings. The van der Waals surface area contributed by atoms with Gasteiger partial charge in [-0.1, -0.05) is 13.3 Å². The van der Waals surface area contributed by atoms with Crippen molar-refractivity contribution in [1.29, 1.82) is 0 Å². The van der Waals surface area contributed by atoms with Gasteiger partial charge in [0, 0.05) is 37.6 Å². The summed E-state index contributed by atoms with van der Waals surface area (Å²) in [5.41, 5.74) is 6.33. The number of halogens is 2. The molecule has 2 saturated carbocycles. The molecule has 1 heterocycles. The van der Waals surface area contributed by atoms with Crippen molar-refractivity contribution >= 4 is 5.91 Å². The zero-order chi connectivity index (χ0) is 17.3. The molecule has 138 valence electrons. The van der Waals surface area contributed by atoms with Crippen LogP contribution in [-0.2, 0) is 4.79 Å². The number of carbonyl (C=O) groups excluding carboxylic acids is 1. The number of nitrogens with zero attached hydrogens (tertiary/aromatic N) is 2. The lowest BCUT2D eigenvalue weighted by Gasteiger charge is -2.46. The molecule has 3 fully saturated rings. The van der Waals surface area contributed by atoms with Crippen LogP contribution in [0.2, 0.25) is 0 Å². The first-order valence-corrected chi connectivity index (χ1v) is 9.56. The van der Waals surface area contributed by atoms with E-state index in [9.17, 15) is 13.6 Å². The van der Waals surface area contributed by atoms with Crippen LogP contribution in [0.3, 0.4) is 0 Å². The SMILES string of the molecule is CCC1CN(C(=O)C2CC3CCCC(C2)C3N)CCN1CC(F)F. The molecule has 3 unspecified atom stereocenters. The lowest BCUT2D eigenvalue weighted by Crippen LogP contribution is -2.57. The number of piperazine rings is 1. The smallest absolute Gasteiger partial charge is 0.251 e. The summed E-state index contributed by atoms with van der Waals surface area (Å²) in [6.45, 7) is 3.58. The van der Waals surface area contributed by atoms with Crippen LogP contribution < -0.4 is 5.73 Å². The van der Waals surface area contributed by atoms with Gasteiger partial charge < -0.3 is 10.6 Å². The zero-order valence-electron chi connectivity index (χ0n) is 14.7. The van der Waals surface area contributed by atoms with E-state index in [2.05, 4.69) is 0 Å². The second-order valence-corrected chi connectivity index (χ2v) is 7.93. The second-order valence-electron chi connectivity index (χ2n) is 7.93. The summed E-state index contributed by atoms with van der Waals surface area (Å²) in [7, 11) is 0. The minimum atomic E-state index is -2.31. The highest BCUT2D eigenvalue weighted by Gasteiger charge is 2.42. The summed E-state index contributed by atoms with van der Waals surface area (Å²) in [6.07, 6.45) is 3.89. The van der Waals surface area contributed by atoms with E-state index >= 15 is 0 Å². The Balaban J connectivity index is 1.59. The van der Waals surface area contributed by atoms with Crippen LogP contribution in [0.15, 0.2) is 0 Å². The summed E-state index contributed by atoms with van der Waals surface area (Å²) in [5, 5.41) is 0. The van der Waals surface area contributed by atoms with Crippen molar-refractivity contribution in [2.75, 3.05) is 26.2 Å². The Morgan fingerprint density at radius 3 is 2.46 bits per heavy atom. The van der Waals surface area contributed by atoms with Gasteiger partial charge in [0.15, 0.2) is 0 Å². The van der Waals surface area contributed by atoms with Crippen LogP contribution in [0.25, 0.3) is 0 Å². The van der Waals surface area contributed by atoms with Gasteiger partial charge in [-0.2, -0.15) is 0 Å². The molecule has 3 aliphatic rings. The molecule has 3 rings (SSSR count). The molecule has 2 aliphatic carbocycles. The van der Waals surface area contributed by atoms with Crippen molar-refractivity contribution in [2.45, 2.75) is 64.0 Å². The lowest BCUT2D eigenvalue weighted by atomic mass is 9.65. The molecule has 1 amide bonds. The third-order valence-electron chi connectivity index (χ3n) is 6.52. The van der Waals surface area contributed by atoms with Crippen LogP contribution in [0.1, 0.15) is 45.4 Å². The summed E-state index contributed by atoms with van der Waals surface area (Å²) in [4.78, 5) is 16.8. The number of hydrogen-bond donors (Lipinski definition) is 1. The molecule has 2 bridgehead atoms. The van der Waals surface area contributed by atoms with E-state index in [-0.39, 0.29) is 30.5 Å². The van der Waals surface area contributed by atoms with E-state index in [1.54, 1.807) is 0 Å². The van der Waals surface area contributed by atoms with E-state index in [1.807, 2.05) is 16.7 Å². The van der Waals surface area contributed by atoms with E-state index in [0.717, 1.165) is 32.1 Å². The van der Waals surface area contributed by atoms with Crippen LogP contribution in [0.5, 0.6) is 0 Å². The molecule has 1 saturated heterocycles. The number of nitrogens with two attached hydrogens (primary N) is 1. The quantitative estimate of drug-likeness (QED) is 0.852. The molecule has 0 spiro atoms. The Labute approximate surface area is 143 Å². The van der Waals surface area contributed by atoms with Crippen LogP contribution in [-0.4, -0.2) is 60.4 Å². The highest BCUT2D eigenvalue weighted by atomic mass is 19.3. The molecule has 0 radical (unpaired) electrons. The number of carbonyl (C=O) groups is 1. The van der Waals surface area contributed by atoms with Gasteiger partial charge in [-0.05, 0) is 43.9 Å². The van der Waals surface area contributed by atoms with Crippen LogP contribution in [0.4, 0.5) is 8.78 Å². The second kappa shape index (κ2) is 7.65. The normalized spacial score (nSPS) is 37.7. The number of hydrogen-bond acceptors (Lipinski definition) is 3. The van der Waals surface area contributed by atoms with Crippen LogP contribution in [0, 0.1) is 17.8 Å². The summed E-state index contributed by atoms with van der Waals surface area (Å²) in [6, 6.07) is 0.330. The van der Waals surface area contributed by atoms with Crippen molar-refractivity contribution in [3.05, 3.63) is 0 Å². The minimum Gasteiger partial charge on any atom is -0.340 e. The topological polar surface area (TPSA) is 49.6 Å². The molecule has 2 N–H and O–H groups in total. The van der Waals surface area contributed by atoms with Gasteiger partial charge in [-0.3, -0.25) is 9.69 Å². The summed E-state index contributed by atoms with van der Waals surface area (Å²) < 4.78 is 25.4. The fourth-order valence-electron chi connectivity index (χ4n) is 5.15. The van der Waals surface area contributed by atoms with Crippen LogP contribution >= 0.6 is 0 Å². The predicted octanol–water partition coefficient (Wildman–Crippen LogP) is 2.33. The summed E-state index contributed by atoms with van der Waals surface area (Å²) >= 11 is 0. The van der Waals surface area contributed by atoms with E-state index in [4.69, 9.17) is 5.73 Å². The largest absolute Gasteiger partial charge is 0.340 e. The van der Waals surface area contributed by atoms with Crippen molar-refractivity contribution in [1.82, 2.24) is 9.80 Å². The third-order valence-corrected chi connectivity index (χ3v) is 6.52. The van der Waals surface area contributed by atoms with E-state index < -0.39 is 6.43 Å². The molecule has 4 nitrogen and oxygen atoms in total. The van der Waals surface area contributed by atoms with E-state index in [1.165, 1.54) is 6.42 Å². The Hall–Kier alpha value is -0.750. The van der Waals surface area contributed by atoms with E-state index in [0.29, 0.717) is 31.5 Å². The van der Waals surface area contributed by atoms with Gasteiger partial charge in [-0.25, -0.2) is 8.78 Å². The maximum absolute atomic E-state index is 13.0. The first kappa shape index (κ1) is 18.1. The fraction of sp³-hybridized carbons (Fsp3) is 0.944. The maximum Gasteiger partial charge on any atom is 0.251 e. The first-order valence-electron chi connectivity index (χ1n) is 9.56. The molecule has 0 aromatic carbocycles. The average molecular weight is 343 g/mol. The highest BCUT2D eigenvalue weighted by molar-refractivity contribution is 5.79. The number of amides is 1. The molecule has 0 aromatic heterocycles. The Kier molecular flexibility index (Phi) is 5.75. The molecule has 24 heavy (non-hydrogen) atoms. The van der Waals surface area contributed by atoms with Gasteiger partial charge in [-0.15, -0.1) is 0 Å². The standard InChI is InChI=1S/C18H31F2N3O/c1-2-15-10-23(7-6-22(15)11-16(19)20)18(24)14-8-12-4-3-5-13(9-14)17(12)21/h12-17H,2-11,21H2,1H3. The Morgan fingerprint density at radius 2 is 1.88 bits per heavy atom. The van der Waals surface area contributed by atoms with Gasteiger partial charge in [0.05, 0.1) is 6.54 Å². The molecular weight excluding hydrogens is 312 g/mol. The molecule has 3 atom stereocenters. The average Bonchev–Trinajstić information content (AvgIpc) is 2.54. The van der Waals surface area contributed by atoms with Crippen molar-refractivity contribution in [3.63, 3.8) is 0 Å². The van der Waals surface area contributed by atoms with Gasteiger partial charge in [0.2, 0.25) is 5.91 Å². The van der Waals surface area contributed by atoms with Crippen molar-refractivity contribution in [3.8, 4) is 0 Å². The fourth-order valence-corrected chi connectivity index (χ4v) is 5.15. The summed E-state index contributed by atoms with van der Waals surface area (Å²) in [5.74, 6) is 1.33. The minimum absolute atomic E-state index is 0.0575. The zero-order valence-corrected chi connectivity index (χ0v) is 14.7.